The maximum atomic E-state index is 11.8. The molecule has 2 aliphatic rings. The van der Waals surface area contributed by atoms with Crippen molar-refractivity contribution in [3.63, 3.8) is 0 Å². The van der Waals surface area contributed by atoms with Gasteiger partial charge in [0.05, 0.1) is 17.4 Å². The van der Waals surface area contributed by atoms with Gasteiger partial charge in [0.1, 0.15) is 0 Å². The summed E-state index contributed by atoms with van der Waals surface area (Å²) in [6.45, 7) is 0. The van der Waals surface area contributed by atoms with Crippen LogP contribution in [0.15, 0.2) is 0 Å². The van der Waals surface area contributed by atoms with Gasteiger partial charge in [-0.1, -0.05) is 19.3 Å². The van der Waals surface area contributed by atoms with Crippen LogP contribution in [0.3, 0.4) is 0 Å². The summed E-state index contributed by atoms with van der Waals surface area (Å²) in [7, 11) is -2.94. The van der Waals surface area contributed by atoms with Crippen molar-refractivity contribution in [3.8, 4) is 0 Å². The van der Waals surface area contributed by atoms with E-state index in [4.69, 9.17) is 0 Å². The summed E-state index contributed by atoms with van der Waals surface area (Å²) in [6.07, 6.45) is 6.20. The predicted molar refractivity (Wildman–Crippen MR) is 61.8 cm³/mol. The van der Waals surface area contributed by atoms with Crippen LogP contribution in [0.2, 0.25) is 0 Å². The second kappa shape index (κ2) is 4.73. The van der Waals surface area contributed by atoms with Crippen molar-refractivity contribution in [3.05, 3.63) is 0 Å². The van der Waals surface area contributed by atoms with E-state index in [0.717, 1.165) is 12.8 Å². The van der Waals surface area contributed by atoms with Gasteiger partial charge >= 0.3 is 0 Å². The van der Waals surface area contributed by atoms with E-state index in [1.807, 2.05) is 0 Å². The van der Waals surface area contributed by atoms with Crippen LogP contribution in [0, 0.1) is 5.92 Å². The zero-order valence-corrected chi connectivity index (χ0v) is 10.3. The number of hydrogen-bond donors (Lipinski definition) is 1. The Morgan fingerprint density at radius 1 is 1.06 bits per heavy atom. The molecule has 1 atom stereocenters. The fourth-order valence-electron chi connectivity index (χ4n) is 2.57. The van der Waals surface area contributed by atoms with Gasteiger partial charge in [0.25, 0.3) is 0 Å². The van der Waals surface area contributed by atoms with Gasteiger partial charge in [0.2, 0.25) is 5.91 Å². The molecule has 0 aromatic heterocycles. The molecule has 2 rings (SSSR count). The summed E-state index contributed by atoms with van der Waals surface area (Å²) in [5, 5.41) is 3.00. The quantitative estimate of drug-likeness (QED) is 0.785. The highest BCUT2D eigenvalue weighted by Gasteiger charge is 2.33. The monoisotopic (exact) mass is 245 g/mol. The lowest BCUT2D eigenvalue weighted by Gasteiger charge is -2.24. The summed E-state index contributed by atoms with van der Waals surface area (Å²) in [4.78, 5) is 11.8. The van der Waals surface area contributed by atoms with E-state index in [2.05, 4.69) is 5.32 Å². The molecule has 92 valence electrons. The Morgan fingerprint density at radius 3 is 2.31 bits per heavy atom. The summed E-state index contributed by atoms with van der Waals surface area (Å²) in [6, 6.07) is 0.282. The van der Waals surface area contributed by atoms with Crippen LogP contribution < -0.4 is 5.32 Å². The molecule has 1 N–H and O–H groups in total. The molecule has 0 bridgehead atoms. The van der Waals surface area contributed by atoms with Crippen molar-refractivity contribution in [2.75, 3.05) is 11.5 Å². The normalized spacial score (nSPS) is 30.1. The van der Waals surface area contributed by atoms with E-state index in [1.165, 1.54) is 19.3 Å². The third-order valence-corrected chi connectivity index (χ3v) is 5.32. The Hall–Kier alpha value is -0.580. The summed E-state index contributed by atoms with van der Waals surface area (Å²) in [5.41, 5.74) is 0. The van der Waals surface area contributed by atoms with E-state index in [-0.39, 0.29) is 29.4 Å². The van der Waals surface area contributed by atoms with Gasteiger partial charge in [-0.05, 0) is 19.3 Å². The molecule has 1 saturated carbocycles. The molecule has 1 saturated heterocycles. The lowest BCUT2D eigenvalue weighted by molar-refractivity contribution is -0.125. The van der Waals surface area contributed by atoms with Crippen LogP contribution in [0.25, 0.3) is 0 Å². The molecule has 0 spiro atoms. The van der Waals surface area contributed by atoms with Crippen molar-refractivity contribution in [2.24, 2.45) is 5.92 Å². The van der Waals surface area contributed by atoms with Gasteiger partial charge in [-0.25, -0.2) is 8.42 Å². The molecular formula is C11H19NO3S. The molecule has 0 aromatic carbocycles. The fourth-order valence-corrected chi connectivity index (χ4v) is 4.31. The third-order valence-electron chi connectivity index (χ3n) is 3.55. The molecule has 0 aromatic rings. The van der Waals surface area contributed by atoms with E-state index < -0.39 is 9.84 Å². The second-order valence-electron chi connectivity index (χ2n) is 4.94. The van der Waals surface area contributed by atoms with E-state index >= 15 is 0 Å². The Balaban J connectivity index is 1.84. The van der Waals surface area contributed by atoms with Crippen LogP contribution in [0.5, 0.6) is 0 Å². The first-order chi connectivity index (χ1) is 7.57. The Kier molecular flexibility index (Phi) is 3.52. The third kappa shape index (κ3) is 2.97. The smallest absolute Gasteiger partial charge is 0.224 e. The lowest BCUT2D eigenvalue weighted by Crippen LogP contribution is -2.40. The van der Waals surface area contributed by atoms with Crippen LogP contribution in [0.1, 0.15) is 38.5 Å². The van der Waals surface area contributed by atoms with Gasteiger partial charge in [0, 0.05) is 6.04 Å². The molecule has 2 fully saturated rings. The Morgan fingerprint density at radius 2 is 1.75 bits per heavy atom. The minimum Gasteiger partial charge on any atom is -0.353 e. The largest absolute Gasteiger partial charge is 0.353 e. The highest BCUT2D eigenvalue weighted by molar-refractivity contribution is 7.91. The fraction of sp³-hybridized carbons (Fsp3) is 0.909. The molecule has 1 aliphatic heterocycles. The number of nitrogens with one attached hydrogen (secondary N) is 1. The number of carbonyl (C=O) groups is 1. The minimum absolute atomic E-state index is 0.0472. The molecule has 1 unspecified atom stereocenters. The Bertz CT molecular complexity index is 357. The average Bonchev–Trinajstić information content (AvgIpc) is 2.60. The van der Waals surface area contributed by atoms with Gasteiger partial charge < -0.3 is 5.32 Å². The average molecular weight is 245 g/mol. The van der Waals surface area contributed by atoms with Gasteiger partial charge in [-0.15, -0.1) is 0 Å². The van der Waals surface area contributed by atoms with Crippen molar-refractivity contribution < 1.29 is 13.2 Å². The first kappa shape index (κ1) is 11.9. The minimum atomic E-state index is -2.94. The van der Waals surface area contributed by atoms with E-state index in [1.54, 1.807) is 0 Å². The lowest BCUT2D eigenvalue weighted by atomic mass is 9.95. The zero-order valence-electron chi connectivity index (χ0n) is 9.44. The van der Waals surface area contributed by atoms with Crippen molar-refractivity contribution in [1.82, 2.24) is 5.32 Å². The number of hydrogen-bond acceptors (Lipinski definition) is 3. The second-order valence-corrected chi connectivity index (χ2v) is 7.17. The number of rotatable bonds is 2. The highest BCUT2D eigenvalue weighted by atomic mass is 32.2. The first-order valence-corrected chi connectivity index (χ1v) is 7.90. The maximum Gasteiger partial charge on any atom is 0.224 e. The zero-order chi connectivity index (χ0) is 11.6. The summed E-state index contributed by atoms with van der Waals surface area (Å²) in [5.74, 6) is -0.124. The number of carbonyl (C=O) groups excluding carboxylic acids is 1. The van der Waals surface area contributed by atoms with Gasteiger partial charge in [-0.3, -0.25) is 4.79 Å². The molecule has 0 radical (unpaired) electrons. The molecule has 1 heterocycles. The predicted octanol–water partition coefficient (Wildman–Crippen LogP) is 0.870. The van der Waals surface area contributed by atoms with Crippen LogP contribution in [-0.4, -0.2) is 31.9 Å². The molecule has 4 nitrogen and oxygen atoms in total. The standard InChI is InChI=1S/C11H19NO3S/c13-11(9-6-7-16(14,15)8-9)12-10-4-2-1-3-5-10/h9-10H,1-8H2,(H,12,13). The van der Waals surface area contributed by atoms with Gasteiger partial charge in [0.15, 0.2) is 9.84 Å². The first-order valence-electron chi connectivity index (χ1n) is 6.08. The topological polar surface area (TPSA) is 63.2 Å². The molecule has 5 heteroatoms. The van der Waals surface area contributed by atoms with Crippen LogP contribution >= 0.6 is 0 Å². The molecule has 16 heavy (non-hydrogen) atoms. The number of amides is 1. The van der Waals surface area contributed by atoms with Crippen LogP contribution in [-0.2, 0) is 14.6 Å². The number of sulfone groups is 1. The SMILES string of the molecule is O=C(NC1CCCCC1)C1CCS(=O)(=O)C1. The highest BCUT2D eigenvalue weighted by Crippen LogP contribution is 2.21. The van der Waals surface area contributed by atoms with Crippen molar-refractivity contribution in [2.45, 2.75) is 44.6 Å². The molecule has 1 amide bonds. The van der Waals surface area contributed by atoms with Gasteiger partial charge in [-0.2, -0.15) is 0 Å². The Labute approximate surface area is 96.7 Å². The summed E-state index contributed by atoms with van der Waals surface area (Å²) < 4.78 is 22.5. The van der Waals surface area contributed by atoms with Crippen LogP contribution in [0.4, 0.5) is 0 Å². The summed E-state index contributed by atoms with van der Waals surface area (Å²) >= 11 is 0. The maximum absolute atomic E-state index is 11.8. The van der Waals surface area contributed by atoms with Crippen molar-refractivity contribution in [1.29, 1.82) is 0 Å². The van der Waals surface area contributed by atoms with E-state index in [0.29, 0.717) is 6.42 Å². The molecule has 1 aliphatic carbocycles. The van der Waals surface area contributed by atoms with Crippen molar-refractivity contribution >= 4 is 15.7 Å². The van der Waals surface area contributed by atoms with E-state index in [9.17, 15) is 13.2 Å². The molecular weight excluding hydrogens is 226 g/mol.